The van der Waals surface area contributed by atoms with Gasteiger partial charge in [0.05, 0.1) is 41.3 Å². The van der Waals surface area contributed by atoms with Crippen LogP contribution in [-0.4, -0.2) is 48.0 Å². The maximum absolute atomic E-state index is 12.9. The van der Waals surface area contributed by atoms with Crippen molar-refractivity contribution in [1.29, 1.82) is 0 Å². The molecule has 1 fully saturated rings. The Balaban J connectivity index is 1.39. The number of carbonyl (C=O) groups is 1. The first kappa shape index (κ1) is 21.1. The van der Waals surface area contributed by atoms with Gasteiger partial charge in [0.25, 0.3) is 5.91 Å². The molecule has 1 aliphatic heterocycles. The lowest BCUT2D eigenvalue weighted by molar-refractivity contribution is 0.0955. The van der Waals surface area contributed by atoms with Crippen LogP contribution < -0.4 is 10.3 Å². The fraction of sp³-hybridized carbons (Fsp3) is 0.160. The Morgan fingerprint density at radius 3 is 2.52 bits per heavy atom. The summed E-state index contributed by atoms with van der Waals surface area (Å²) >= 11 is 1.56. The number of para-hydroxylation sites is 1. The van der Waals surface area contributed by atoms with E-state index in [-0.39, 0.29) is 5.91 Å². The molecule has 2 aromatic heterocycles. The number of amides is 1. The van der Waals surface area contributed by atoms with Crippen LogP contribution in [-0.2, 0) is 4.74 Å². The highest BCUT2D eigenvalue weighted by Crippen LogP contribution is 2.32. The molecule has 0 aliphatic carbocycles. The van der Waals surface area contributed by atoms with Crippen LogP contribution >= 0.6 is 11.3 Å². The second-order valence-corrected chi connectivity index (χ2v) is 8.49. The largest absolute Gasteiger partial charge is 0.378 e. The van der Waals surface area contributed by atoms with Gasteiger partial charge in [0.15, 0.2) is 5.13 Å². The van der Waals surface area contributed by atoms with E-state index in [1.54, 1.807) is 23.6 Å². The Bertz CT molecular complexity index is 1250. The van der Waals surface area contributed by atoms with E-state index in [2.05, 4.69) is 15.4 Å². The standard InChI is InChI=1S/C25H23N5O2S/c31-24(20-10-4-5-11-21(20)29-12-6-7-13-29)28-26-18-22-23(19-8-2-1-3-9-19)27-25(33-22)30-14-16-32-17-15-30/h1-13,18H,14-17H2,(H,28,31). The highest BCUT2D eigenvalue weighted by Gasteiger charge is 2.19. The predicted molar refractivity (Wildman–Crippen MR) is 131 cm³/mol. The molecule has 166 valence electrons. The van der Waals surface area contributed by atoms with Crippen molar-refractivity contribution in [2.75, 3.05) is 31.2 Å². The summed E-state index contributed by atoms with van der Waals surface area (Å²) in [7, 11) is 0. The lowest BCUT2D eigenvalue weighted by Gasteiger charge is -2.26. The number of benzene rings is 2. The Morgan fingerprint density at radius 1 is 1.00 bits per heavy atom. The molecule has 7 nitrogen and oxygen atoms in total. The number of carbonyl (C=O) groups excluding carboxylic acids is 1. The Labute approximate surface area is 196 Å². The van der Waals surface area contributed by atoms with Crippen LogP contribution in [0.1, 0.15) is 15.2 Å². The second-order valence-electron chi connectivity index (χ2n) is 7.48. The third-order valence-corrected chi connectivity index (χ3v) is 6.40. The minimum absolute atomic E-state index is 0.269. The van der Waals surface area contributed by atoms with Crippen LogP contribution in [0.2, 0.25) is 0 Å². The van der Waals surface area contributed by atoms with Gasteiger partial charge in [-0.25, -0.2) is 10.4 Å². The van der Waals surface area contributed by atoms with E-state index in [0.717, 1.165) is 40.0 Å². The zero-order valence-electron chi connectivity index (χ0n) is 17.9. The van der Waals surface area contributed by atoms with E-state index in [4.69, 9.17) is 9.72 Å². The first-order chi connectivity index (χ1) is 16.3. The number of thiazole rings is 1. The summed E-state index contributed by atoms with van der Waals surface area (Å²) in [5.74, 6) is -0.269. The molecule has 1 aliphatic rings. The van der Waals surface area contributed by atoms with E-state index in [9.17, 15) is 4.79 Å². The van der Waals surface area contributed by atoms with Crippen molar-refractivity contribution in [2.24, 2.45) is 5.10 Å². The van der Waals surface area contributed by atoms with Crippen molar-refractivity contribution in [3.05, 3.63) is 89.6 Å². The number of hydrogen-bond acceptors (Lipinski definition) is 6. The summed E-state index contributed by atoms with van der Waals surface area (Å²) in [4.78, 5) is 20.9. The highest BCUT2D eigenvalue weighted by atomic mass is 32.1. The minimum atomic E-state index is -0.269. The summed E-state index contributed by atoms with van der Waals surface area (Å²) < 4.78 is 7.38. The fourth-order valence-corrected chi connectivity index (χ4v) is 4.71. The lowest BCUT2D eigenvalue weighted by Crippen LogP contribution is -2.36. The van der Waals surface area contributed by atoms with Gasteiger partial charge < -0.3 is 14.2 Å². The number of morpholine rings is 1. The van der Waals surface area contributed by atoms with E-state index >= 15 is 0 Å². The van der Waals surface area contributed by atoms with Gasteiger partial charge in [-0.05, 0) is 24.3 Å². The van der Waals surface area contributed by atoms with Crippen molar-refractivity contribution in [2.45, 2.75) is 0 Å². The third kappa shape index (κ3) is 4.72. The quantitative estimate of drug-likeness (QED) is 0.348. The number of rotatable bonds is 6. The van der Waals surface area contributed by atoms with Crippen LogP contribution in [0.3, 0.4) is 0 Å². The number of aromatic nitrogens is 2. The summed E-state index contributed by atoms with van der Waals surface area (Å²) in [6.07, 6.45) is 5.50. The molecule has 0 radical (unpaired) electrons. The van der Waals surface area contributed by atoms with E-state index < -0.39 is 0 Å². The second kappa shape index (κ2) is 9.81. The first-order valence-electron chi connectivity index (χ1n) is 10.7. The molecule has 8 heteroatoms. The molecule has 1 amide bonds. The lowest BCUT2D eigenvalue weighted by atomic mass is 10.1. The Kier molecular flexibility index (Phi) is 6.27. The highest BCUT2D eigenvalue weighted by molar-refractivity contribution is 7.17. The minimum Gasteiger partial charge on any atom is -0.378 e. The number of nitrogens with zero attached hydrogens (tertiary/aromatic N) is 4. The molecule has 1 N–H and O–H groups in total. The van der Waals surface area contributed by atoms with Crippen LogP contribution in [0, 0.1) is 0 Å². The van der Waals surface area contributed by atoms with Crippen molar-refractivity contribution in [1.82, 2.24) is 15.0 Å². The average Bonchev–Trinajstić information content (AvgIpc) is 3.56. The predicted octanol–water partition coefficient (Wildman–Crippen LogP) is 4.20. The molecule has 5 rings (SSSR count). The number of anilines is 1. The Hall–Kier alpha value is -3.75. The van der Waals surface area contributed by atoms with Crippen LogP contribution in [0.25, 0.3) is 16.9 Å². The van der Waals surface area contributed by atoms with Gasteiger partial charge in [-0.15, -0.1) is 0 Å². The first-order valence-corrected chi connectivity index (χ1v) is 11.6. The van der Waals surface area contributed by atoms with Crippen molar-refractivity contribution >= 4 is 28.6 Å². The summed E-state index contributed by atoms with van der Waals surface area (Å²) in [6, 6.07) is 21.3. The molecule has 0 atom stereocenters. The van der Waals surface area contributed by atoms with Crippen molar-refractivity contribution in [3.8, 4) is 16.9 Å². The molecule has 0 bridgehead atoms. The van der Waals surface area contributed by atoms with Gasteiger partial charge in [-0.1, -0.05) is 53.8 Å². The maximum Gasteiger partial charge on any atom is 0.273 e. The normalized spacial score (nSPS) is 14.0. The number of hydrogen-bond donors (Lipinski definition) is 1. The monoisotopic (exact) mass is 457 g/mol. The molecule has 0 spiro atoms. The maximum atomic E-state index is 12.9. The molecule has 1 saturated heterocycles. The molecule has 3 heterocycles. The Morgan fingerprint density at radius 2 is 1.73 bits per heavy atom. The third-order valence-electron chi connectivity index (χ3n) is 5.35. The van der Waals surface area contributed by atoms with Gasteiger partial charge in [0.2, 0.25) is 0 Å². The van der Waals surface area contributed by atoms with Gasteiger partial charge in [0.1, 0.15) is 0 Å². The van der Waals surface area contributed by atoms with Gasteiger partial charge in [0, 0.05) is 31.0 Å². The summed E-state index contributed by atoms with van der Waals surface area (Å²) in [5.41, 5.74) is 5.89. The molecular formula is C25H23N5O2S. The molecule has 2 aromatic carbocycles. The average molecular weight is 458 g/mol. The molecule has 0 saturated carbocycles. The van der Waals surface area contributed by atoms with Gasteiger partial charge in [-0.3, -0.25) is 4.79 Å². The van der Waals surface area contributed by atoms with Crippen molar-refractivity contribution in [3.63, 3.8) is 0 Å². The van der Waals surface area contributed by atoms with Gasteiger partial charge in [-0.2, -0.15) is 5.10 Å². The van der Waals surface area contributed by atoms with Gasteiger partial charge >= 0.3 is 0 Å². The van der Waals surface area contributed by atoms with Crippen LogP contribution in [0.4, 0.5) is 5.13 Å². The van der Waals surface area contributed by atoms with Crippen LogP contribution in [0.5, 0.6) is 0 Å². The molecule has 0 unspecified atom stereocenters. The SMILES string of the molecule is O=C(NN=Cc1sc(N2CCOCC2)nc1-c1ccccc1)c1ccccc1-n1cccc1. The zero-order chi connectivity index (χ0) is 22.5. The van der Waals surface area contributed by atoms with E-state index in [1.165, 1.54) is 0 Å². The van der Waals surface area contributed by atoms with E-state index in [0.29, 0.717) is 18.8 Å². The van der Waals surface area contributed by atoms with Crippen molar-refractivity contribution < 1.29 is 9.53 Å². The smallest absolute Gasteiger partial charge is 0.273 e. The molecular weight excluding hydrogens is 434 g/mol. The number of ether oxygens (including phenoxy) is 1. The van der Waals surface area contributed by atoms with Crippen LogP contribution in [0.15, 0.2) is 84.2 Å². The number of nitrogens with one attached hydrogen (secondary N) is 1. The summed E-state index contributed by atoms with van der Waals surface area (Å²) in [5, 5.41) is 5.21. The van der Waals surface area contributed by atoms with E-state index in [1.807, 2.05) is 77.6 Å². The fourth-order valence-electron chi connectivity index (χ4n) is 3.70. The topological polar surface area (TPSA) is 71.8 Å². The number of hydrazone groups is 1. The summed E-state index contributed by atoms with van der Waals surface area (Å²) in [6.45, 7) is 3.01. The molecule has 4 aromatic rings. The molecule has 33 heavy (non-hydrogen) atoms. The zero-order valence-corrected chi connectivity index (χ0v) is 18.7.